The van der Waals surface area contributed by atoms with Gasteiger partial charge in [-0.25, -0.2) is 0 Å². The number of aliphatic hydroxyl groups is 1. The van der Waals surface area contributed by atoms with Gasteiger partial charge in [0, 0.05) is 21.3 Å². The van der Waals surface area contributed by atoms with Gasteiger partial charge in [-0.2, -0.15) is 0 Å². The Morgan fingerprint density at radius 1 is 0.969 bits per heavy atom. The van der Waals surface area contributed by atoms with E-state index in [0.29, 0.717) is 39.2 Å². The number of benzene rings is 3. The van der Waals surface area contributed by atoms with Crippen LogP contribution in [0.15, 0.2) is 78.4 Å². The number of hydrogen-bond acceptors (Lipinski definition) is 4. The van der Waals surface area contributed by atoms with Gasteiger partial charge in [-0.3, -0.25) is 14.5 Å². The molecular weight excluding hydrogens is 449 g/mol. The van der Waals surface area contributed by atoms with Crippen molar-refractivity contribution >= 4 is 46.3 Å². The summed E-state index contributed by atoms with van der Waals surface area (Å²) in [5, 5.41) is 12.0. The molecule has 1 N–H and O–H groups in total. The van der Waals surface area contributed by atoms with Crippen molar-refractivity contribution in [3.63, 3.8) is 0 Å². The fourth-order valence-corrected chi connectivity index (χ4v) is 4.03. The first kappa shape index (κ1) is 21.9. The molecule has 3 aromatic carbocycles. The first-order valence-corrected chi connectivity index (χ1v) is 10.7. The maximum Gasteiger partial charge on any atom is 0.300 e. The predicted octanol–water partition coefficient (Wildman–Crippen LogP) is 6.02. The summed E-state index contributed by atoms with van der Waals surface area (Å²) in [7, 11) is 0. The van der Waals surface area contributed by atoms with Gasteiger partial charge < -0.3 is 9.84 Å². The van der Waals surface area contributed by atoms with Crippen LogP contribution >= 0.6 is 23.2 Å². The fraction of sp³-hybridized carbons (Fsp3) is 0.120. The second-order valence-corrected chi connectivity index (χ2v) is 8.03. The first-order valence-electron chi connectivity index (χ1n) is 9.96. The van der Waals surface area contributed by atoms with E-state index in [1.807, 2.05) is 6.92 Å². The summed E-state index contributed by atoms with van der Waals surface area (Å²) < 4.78 is 5.51. The number of anilines is 1. The van der Waals surface area contributed by atoms with E-state index in [9.17, 15) is 14.7 Å². The number of carbonyl (C=O) groups is 2. The van der Waals surface area contributed by atoms with Gasteiger partial charge in [0.15, 0.2) is 0 Å². The Morgan fingerprint density at radius 3 is 2.28 bits per heavy atom. The molecule has 1 atom stereocenters. The Bertz CT molecular complexity index is 1200. The summed E-state index contributed by atoms with van der Waals surface area (Å²) in [6, 6.07) is 19.3. The molecule has 0 saturated carbocycles. The minimum absolute atomic E-state index is 0.0125. The molecule has 32 heavy (non-hydrogen) atoms. The monoisotopic (exact) mass is 467 g/mol. The van der Waals surface area contributed by atoms with E-state index in [2.05, 4.69) is 0 Å². The van der Waals surface area contributed by atoms with Gasteiger partial charge in [-0.15, -0.1) is 0 Å². The number of ketones is 1. The molecule has 0 spiro atoms. The van der Waals surface area contributed by atoms with E-state index in [-0.39, 0.29) is 11.3 Å². The quantitative estimate of drug-likeness (QED) is 0.283. The fourth-order valence-electron chi connectivity index (χ4n) is 3.72. The van der Waals surface area contributed by atoms with Crippen LogP contribution in [-0.4, -0.2) is 23.4 Å². The molecule has 1 unspecified atom stereocenters. The summed E-state index contributed by atoms with van der Waals surface area (Å²) >= 11 is 12.1. The van der Waals surface area contributed by atoms with Crippen LogP contribution in [0.1, 0.15) is 24.1 Å². The van der Waals surface area contributed by atoms with E-state index in [0.717, 1.165) is 0 Å². The second-order valence-electron chi connectivity index (χ2n) is 7.16. The number of halogens is 2. The van der Waals surface area contributed by atoms with Gasteiger partial charge in [0.1, 0.15) is 11.5 Å². The third-order valence-electron chi connectivity index (χ3n) is 5.16. The van der Waals surface area contributed by atoms with Gasteiger partial charge in [0.25, 0.3) is 11.7 Å². The maximum atomic E-state index is 13.1. The molecule has 0 radical (unpaired) electrons. The van der Waals surface area contributed by atoms with Gasteiger partial charge in [-0.1, -0.05) is 41.4 Å². The average Bonchev–Trinajstić information content (AvgIpc) is 3.05. The van der Waals surface area contributed by atoms with Crippen LogP contribution in [0.25, 0.3) is 5.76 Å². The van der Waals surface area contributed by atoms with Crippen molar-refractivity contribution in [3.8, 4) is 5.75 Å². The third kappa shape index (κ3) is 4.09. The van der Waals surface area contributed by atoms with Crippen molar-refractivity contribution in [1.29, 1.82) is 0 Å². The Kier molecular flexibility index (Phi) is 6.21. The van der Waals surface area contributed by atoms with Crippen LogP contribution in [-0.2, 0) is 9.59 Å². The lowest BCUT2D eigenvalue weighted by molar-refractivity contribution is -0.132. The zero-order chi connectivity index (χ0) is 22.8. The van der Waals surface area contributed by atoms with Crippen LogP contribution in [0.5, 0.6) is 5.75 Å². The zero-order valence-electron chi connectivity index (χ0n) is 17.1. The highest BCUT2D eigenvalue weighted by Gasteiger charge is 2.47. The Labute approximate surface area is 195 Å². The Balaban J connectivity index is 1.91. The Hall–Kier alpha value is -3.28. The van der Waals surface area contributed by atoms with Crippen molar-refractivity contribution in [2.24, 2.45) is 0 Å². The molecule has 1 aliphatic heterocycles. The molecule has 1 fully saturated rings. The largest absolute Gasteiger partial charge is 0.507 e. The molecule has 1 heterocycles. The van der Waals surface area contributed by atoms with Crippen molar-refractivity contribution in [3.05, 3.63) is 99.5 Å². The molecule has 4 rings (SSSR count). The molecular formula is C25H19Cl2NO4. The normalized spacial score (nSPS) is 17.6. The highest BCUT2D eigenvalue weighted by Crippen LogP contribution is 2.43. The van der Waals surface area contributed by atoms with Gasteiger partial charge >= 0.3 is 0 Å². The number of nitrogens with zero attached hydrogens (tertiary/aromatic N) is 1. The lowest BCUT2D eigenvalue weighted by Crippen LogP contribution is -2.29. The van der Waals surface area contributed by atoms with Crippen molar-refractivity contribution in [2.75, 3.05) is 11.5 Å². The Morgan fingerprint density at radius 2 is 1.66 bits per heavy atom. The summed E-state index contributed by atoms with van der Waals surface area (Å²) in [6.45, 7) is 2.39. The highest BCUT2D eigenvalue weighted by molar-refractivity contribution is 6.51. The van der Waals surface area contributed by atoms with Crippen LogP contribution in [0.2, 0.25) is 10.0 Å². The van der Waals surface area contributed by atoms with Crippen LogP contribution < -0.4 is 9.64 Å². The maximum absolute atomic E-state index is 13.1. The third-order valence-corrected chi connectivity index (χ3v) is 5.64. The minimum atomic E-state index is -0.847. The number of rotatable bonds is 5. The number of aliphatic hydroxyl groups excluding tert-OH is 1. The zero-order valence-corrected chi connectivity index (χ0v) is 18.6. The first-order chi connectivity index (χ1) is 15.4. The second kappa shape index (κ2) is 9.07. The van der Waals surface area contributed by atoms with Gasteiger partial charge in [-0.05, 0) is 67.1 Å². The van der Waals surface area contributed by atoms with Gasteiger partial charge in [0.2, 0.25) is 0 Å². The van der Waals surface area contributed by atoms with Crippen molar-refractivity contribution < 1.29 is 19.4 Å². The molecule has 1 amide bonds. The molecule has 1 aliphatic rings. The molecule has 0 aliphatic carbocycles. The number of amides is 1. The predicted molar refractivity (Wildman–Crippen MR) is 125 cm³/mol. The number of ether oxygens (including phenoxy) is 1. The molecule has 3 aromatic rings. The summed E-state index contributed by atoms with van der Waals surface area (Å²) in [4.78, 5) is 27.6. The number of Topliss-reactive ketones (excluding diaryl/α,β-unsaturated/α-hetero) is 1. The number of carbonyl (C=O) groups excluding carboxylic acids is 2. The van der Waals surface area contributed by atoms with E-state index in [1.165, 1.54) is 4.90 Å². The summed E-state index contributed by atoms with van der Waals surface area (Å²) in [6.07, 6.45) is 0. The van der Waals surface area contributed by atoms with Crippen LogP contribution in [0.3, 0.4) is 0 Å². The molecule has 1 saturated heterocycles. The van der Waals surface area contributed by atoms with Crippen LogP contribution in [0, 0.1) is 0 Å². The SMILES string of the molecule is CCOc1ccc(C2/C(=C(\O)c3ccc(Cl)cc3)C(=O)C(=O)N2c2cccc(Cl)c2)cc1. The molecule has 5 nitrogen and oxygen atoms in total. The van der Waals surface area contributed by atoms with Crippen LogP contribution in [0.4, 0.5) is 5.69 Å². The van der Waals surface area contributed by atoms with Crippen molar-refractivity contribution in [1.82, 2.24) is 0 Å². The standard InChI is InChI=1S/C25H19Cl2NO4/c1-2-32-20-12-8-15(9-13-20)22-21(23(29)16-6-10-17(26)11-7-16)24(30)25(31)28(22)19-5-3-4-18(27)14-19/h3-14,22,29H,2H2,1H3/b23-21+. The van der Waals surface area contributed by atoms with E-state index in [1.54, 1.807) is 72.8 Å². The van der Waals surface area contributed by atoms with E-state index >= 15 is 0 Å². The molecule has 7 heteroatoms. The topological polar surface area (TPSA) is 66.8 Å². The summed E-state index contributed by atoms with van der Waals surface area (Å²) in [5.74, 6) is -1.14. The smallest absolute Gasteiger partial charge is 0.300 e. The van der Waals surface area contributed by atoms with E-state index in [4.69, 9.17) is 27.9 Å². The average molecular weight is 468 g/mol. The molecule has 0 aromatic heterocycles. The lowest BCUT2D eigenvalue weighted by atomic mass is 9.95. The summed E-state index contributed by atoms with van der Waals surface area (Å²) in [5.41, 5.74) is 1.47. The lowest BCUT2D eigenvalue weighted by Gasteiger charge is -2.25. The number of hydrogen-bond donors (Lipinski definition) is 1. The highest BCUT2D eigenvalue weighted by atomic mass is 35.5. The molecule has 162 valence electrons. The van der Waals surface area contributed by atoms with E-state index < -0.39 is 17.7 Å². The minimum Gasteiger partial charge on any atom is -0.507 e. The van der Waals surface area contributed by atoms with Crippen molar-refractivity contribution in [2.45, 2.75) is 13.0 Å². The molecule has 0 bridgehead atoms. The van der Waals surface area contributed by atoms with Gasteiger partial charge in [0.05, 0.1) is 18.2 Å².